The molecular weight excluding hydrogens is 590 g/mol. The fourth-order valence-corrected chi connectivity index (χ4v) is 5.38. The molecular formula is C34H41N5O7. The molecule has 0 saturated carbocycles. The fraction of sp³-hybridized carbons (Fsp3) is 0.412. The van der Waals surface area contributed by atoms with Crippen LogP contribution in [0.4, 0.5) is 0 Å². The zero-order chi connectivity index (χ0) is 33.4. The van der Waals surface area contributed by atoms with Gasteiger partial charge in [-0.15, -0.1) is 0 Å². The third-order valence-electron chi connectivity index (χ3n) is 7.58. The number of nitrogens with zero attached hydrogens (tertiary/aromatic N) is 2. The number of carbonyl (C=O) groups excluding carboxylic acids is 5. The lowest BCUT2D eigenvalue weighted by atomic mass is 9.96. The largest absolute Gasteiger partial charge is 0.458 e. The summed E-state index contributed by atoms with van der Waals surface area (Å²) in [5.41, 5.74) is 5.95. The highest BCUT2D eigenvalue weighted by Crippen LogP contribution is 2.23. The number of pyridine rings is 1. The van der Waals surface area contributed by atoms with E-state index in [4.69, 9.17) is 10.5 Å². The van der Waals surface area contributed by atoms with E-state index in [9.17, 15) is 29.1 Å². The van der Waals surface area contributed by atoms with Crippen molar-refractivity contribution in [3.8, 4) is 0 Å². The lowest BCUT2D eigenvalue weighted by molar-refractivity contribution is -0.169. The molecule has 12 heteroatoms. The highest BCUT2D eigenvalue weighted by Gasteiger charge is 2.40. The summed E-state index contributed by atoms with van der Waals surface area (Å²) in [5, 5.41) is 17.4. The summed E-state index contributed by atoms with van der Waals surface area (Å²) in [6.45, 7) is 5.43. The van der Waals surface area contributed by atoms with Crippen LogP contribution in [0, 0.1) is 0 Å². The van der Waals surface area contributed by atoms with Crippen molar-refractivity contribution in [2.75, 3.05) is 6.54 Å². The number of aliphatic hydroxyl groups excluding tert-OH is 1. The van der Waals surface area contributed by atoms with Crippen molar-refractivity contribution in [2.45, 2.75) is 82.7 Å². The van der Waals surface area contributed by atoms with E-state index >= 15 is 0 Å². The van der Waals surface area contributed by atoms with Gasteiger partial charge in [-0.05, 0) is 64.2 Å². The summed E-state index contributed by atoms with van der Waals surface area (Å²) < 4.78 is 5.55. The first-order valence-corrected chi connectivity index (χ1v) is 15.3. The zero-order valence-corrected chi connectivity index (χ0v) is 26.3. The second-order valence-electron chi connectivity index (χ2n) is 12.4. The smallest absolute Gasteiger partial charge is 0.329 e. The molecule has 2 heterocycles. The Labute approximate surface area is 267 Å². The molecule has 3 aromatic rings. The highest BCUT2D eigenvalue weighted by molar-refractivity contribution is 5.99. The molecule has 1 saturated heterocycles. The Morgan fingerprint density at radius 3 is 2.37 bits per heavy atom. The number of amides is 4. The number of fused-ring (bicyclic) bond motifs is 1. The summed E-state index contributed by atoms with van der Waals surface area (Å²) in [6, 6.07) is 15.8. The number of aliphatic hydroxyl groups is 1. The first-order valence-electron chi connectivity index (χ1n) is 15.3. The van der Waals surface area contributed by atoms with Gasteiger partial charge in [0.05, 0.1) is 18.0 Å². The number of primary amides is 1. The third-order valence-corrected chi connectivity index (χ3v) is 7.58. The molecule has 4 amide bonds. The van der Waals surface area contributed by atoms with Crippen LogP contribution in [0.5, 0.6) is 0 Å². The molecule has 0 radical (unpaired) electrons. The van der Waals surface area contributed by atoms with Gasteiger partial charge >= 0.3 is 5.97 Å². The van der Waals surface area contributed by atoms with E-state index < -0.39 is 65.8 Å². The molecule has 1 aliphatic rings. The van der Waals surface area contributed by atoms with Crippen LogP contribution in [-0.2, 0) is 30.3 Å². The van der Waals surface area contributed by atoms with Gasteiger partial charge in [0.15, 0.2) is 6.10 Å². The molecule has 2 aromatic carbocycles. The first-order chi connectivity index (χ1) is 21.8. The van der Waals surface area contributed by atoms with Crippen LogP contribution in [0.25, 0.3) is 10.9 Å². The zero-order valence-electron chi connectivity index (χ0n) is 26.3. The molecule has 244 valence electrons. The second kappa shape index (κ2) is 15.0. The Bertz CT molecular complexity index is 1570. The Morgan fingerprint density at radius 2 is 1.67 bits per heavy atom. The third kappa shape index (κ3) is 9.10. The summed E-state index contributed by atoms with van der Waals surface area (Å²) in [4.78, 5) is 71.2. The number of ether oxygens (including phenoxy) is 1. The van der Waals surface area contributed by atoms with E-state index in [2.05, 4.69) is 15.6 Å². The van der Waals surface area contributed by atoms with Crippen molar-refractivity contribution in [3.63, 3.8) is 0 Å². The number of hydrogen-bond donors (Lipinski definition) is 4. The fourth-order valence-electron chi connectivity index (χ4n) is 5.38. The van der Waals surface area contributed by atoms with E-state index in [1.807, 2.05) is 12.1 Å². The van der Waals surface area contributed by atoms with Crippen LogP contribution in [-0.4, -0.2) is 81.0 Å². The van der Waals surface area contributed by atoms with E-state index in [1.54, 1.807) is 69.3 Å². The molecule has 12 nitrogen and oxygen atoms in total. The van der Waals surface area contributed by atoms with E-state index in [-0.39, 0.29) is 18.7 Å². The molecule has 1 aromatic heterocycles. The summed E-state index contributed by atoms with van der Waals surface area (Å²) in [6.07, 6.45) is -0.566. The number of carbonyl (C=O) groups is 5. The van der Waals surface area contributed by atoms with Gasteiger partial charge in [-0.1, -0.05) is 54.6 Å². The number of rotatable bonds is 11. The number of benzene rings is 2. The molecule has 0 aliphatic carbocycles. The minimum atomic E-state index is -1.76. The topological polar surface area (TPSA) is 181 Å². The van der Waals surface area contributed by atoms with Crippen molar-refractivity contribution >= 4 is 40.5 Å². The molecule has 4 rings (SSSR count). The molecule has 0 bridgehead atoms. The maximum Gasteiger partial charge on any atom is 0.329 e. The SMILES string of the molecule is CC(C)(C)OC(=O)C1CCCCN1C(=O)[C@@H](O)[C@H](Cc1ccccc1)NC(=O)[C@H](CC(N)=O)NC(=O)c1ccc2ccccc2n1. The minimum Gasteiger partial charge on any atom is -0.458 e. The van der Waals surface area contributed by atoms with Crippen molar-refractivity contribution in [1.82, 2.24) is 20.5 Å². The van der Waals surface area contributed by atoms with Gasteiger partial charge in [0.2, 0.25) is 11.8 Å². The predicted molar refractivity (Wildman–Crippen MR) is 170 cm³/mol. The molecule has 5 N–H and O–H groups in total. The lowest BCUT2D eigenvalue weighted by Crippen LogP contribution is -2.60. The number of nitrogens with two attached hydrogens (primary N) is 1. The Kier molecular flexibility index (Phi) is 11.1. The number of nitrogens with one attached hydrogen (secondary N) is 2. The van der Waals surface area contributed by atoms with E-state index in [0.717, 1.165) is 5.39 Å². The van der Waals surface area contributed by atoms with E-state index in [0.29, 0.717) is 30.3 Å². The number of para-hydroxylation sites is 1. The van der Waals surface area contributed by atoms with Crippen LogP contribution < -0.4 is 16.4 Å². The predicted octanol–water partition coefficient (Wildman–Crippen LogP) is 2.02. The molecule has 46 heavy (non-hydrogen) atoms. The Morgan fingerprint density at radius 1 is 0.978 bits per heavy atom. The number of hydrogen-bond acceptors (Lipinski definition) is 8. The van der Waals surface area contributed by atoms with Gasteiger partial charge in [-0.3, -0.25) is 19.2 Å². The van der Waals surface area contributed by atoms with Gasteiger partial charge in [0.1, 0.15) is 23.4 Å². The van der Waals surface area contributed by atoms with Crippen molar-refractivity contribution in [2.24, 2.45) is 5.73 Å². The maximum absolute atomic E-state index is 13.8. The van der Waals surface area contributed by atoms with Gasteiger partial charge < -0.3 is 31.1 Å². The van der Waals surface area contributed by atoms with Crippen LogP contribution in [0.15, 0.2) is 66.7 Å². The number of likely N-dealkylation sites (tertiary alicyclic amines) is 1. The molecule has 1 fully saturated rings. The standard InChI is InChI=1S/C34H41N5O7/c1-34(2,3)46-33(45)27-15-9-10-18-39(27)32(44)29(41)25(19-21-11-5-4-6-12-21)37-31(43)26(20-28(35)40)38-30(42)24-17-16-22-13-7-8-14-23(22)36-24/h4-8,11-14,16-17,25-27,29,41H,9-10,15,18-20H2,1-3H3,(H2,35,40)(H,37,43)(H,38,42)/t25-,26-,27?,29-/m0/s1. The average Bonchev–Trinajstić information content (AvgIpc) is 3.02. The first kappa shape index (κ1) is 34.0. The second-order valence-corrected chi connectivity index (χ2v) is 12.4. The monoisotopic (exact) mass is 631 g/mol. The highest BCUT2D eigenvalue weighted by atomic mass is 16.6. The normalized spacial score (nSPS) is 17.0. The molecule has 1 unspecified atom stereocenters. The molecule has 4 atom stereocenters. The summed E-state index contributed by atoms with van der Waals surface area (Å²) in [7, 11) is 0. The van der Waals surface area contributed by atoms with E-state index in [1.165, 1.54) is 11.0 Å². The Hall–Kier alpha value is -4.84. The van der Waals surface area contributed by atoms with Crippen LogP contribution in [0.3, 0.4) is 0 Å². The minimum absolute atomic E-state index is 0.0234. The summed E-state index contributed by atoms with van der Waals surface area (Å²) in [5.74, 6) is -3.70. The van der Waals surface area contributed by atoms with Crippen LogP contribution in [0.2, 0.25) is 0 Å². The number of esters is 1. The lowest BCUT2D eigenvalue weighted by Gasteiger charge is -2.38. The quantitative estimate of drug-likeness (QED) is 0.232. The molecule has 1 aliphatic heterocycles. The van der Waals surface area contributed by atoms with Crippen LogP contribution in [0.1, 0.15) is 62.5 Å². The van der Waals surface area contributed by atoms with Gasteiger partial charge in [-0.2, -0.15) is 0 Å². The van der Waals surface area contributed by atoms with Crippen molar-refractivity contribution in [1.29, 1.82) is 0 Å². The maximum atomic E-state index is 13.8. The van der Waals surface area contributed by atoms with Crippen molar-refractivity contribution in [3.05, 3.63) is 78.0 Å². The van der Waals surface area contributed by atoms with Crippen molar-refractivity contribution < 1.29 is 33.8 Å². The summed E-state index contributed by atoms with van der Waals surface area (Å²) >= 11 is 0. The van der Waals surface area contributed by atoms with Crippen LogP contribution >= 0.6 is 0 Å². The number of aromatic nitrogens is 1. The Balaban J connectivity index is 1.56. The molecule has 0 spiro atoms. The number of piperidine rings is 1. The van der Waals surface area contributed by atoms with Gasteiger partial charge in [0.25, 0.3) is 11.8 Å². The van der Waals surface area contributed by atoms with Gasteiger partial charge in [0, 0.05) is 11.9 Å². The average molecular weight is 632 g/mol. The van der Waals surface area contributed by atoms with Gasteiger partial charge in [-0.25, -0.2) is 9.78 Å².